The van der Waals surface area contributed by atoms with Crippen LogP contribution in [0.2, 0.25) is 0 Å². The molecular weight excluding hydrogens is 376 g/mol. The fourth-order valence-electron chi connectivity index (χ4n) is 3.89. The van der Waals surface area contributed by atoms with E-state index in [1.165, 1.54) is 31.3 Å². The van der Waals surface area contributed by atoms with E-state index in [1.54, 1.807) is 12.3 Å². The van der Waals surface area contributed by atoms with E-state index in [9.17, 15) is 0 Å². The molecule has 162 valence electrons. The maximum Gasteiger partial charge on any atom is 0.216 e. The minimum absolute atomic E-state index is 0.0278. The molecule has 3 heterocycles. The van der Waals surface area contributed by atoms with E-state index in [2.05, 4.69) is 46.6 Å². The Labute approximate surface area is 179 Å². The number of nitrogens with zero attached hydrogens (tertiary/aromatic N) is 6. The number of hydrogen-bond donors (Lipinski definition) is 0. The lowest BCUT2D eigenvalue weighted by atomic mass is 9.82. The Morgan fingerprint density at radius 3 is 2.53 bits per heavy atom. The molecular formula is C23H34N6O. The van der Waals surface area contributed by atoms with Gasteiger partial charge in [-0.25, -0.2) is 19.9 Å². The summed E-state index contributed by atoms with van der Waals surface area (Å²) in [6, 6.07) is 4.05. The van der Waals surface area contributed by atoms with Gasteiger partial charge in [-0.05, 0) is 19.3 Å². The topological polar surface area (TPSA) is 67.3 Å². The summed E-state index contributed by atoms with van der Waals surface area (Å²) in [7, 11) is 0. The summed E-state index contributed by atoms with van der Waals surface area (Å²) in [5.74, 6) is 3.37. The zero-order valence-corrected chi connectivity index (χ0v) is 18.5. The number of ether oxygens (including phenoxy) is 1. The van der Waals surface area contributed by atoms with Crippen molar-refractivity contribution in [3.05, 3.63) is 36.2 Å². The second-order valence-corrected chi connectivity index (χ2v) is 9.43. The van der Waals surface area contributed by atoms with Crippen LogP contribution in [0.15, 0.2) is 24.7 Å². The Bertz CT molecular complexity index is 810. The van der Waals surface area contributed by atoms with Crippen LogP contribution in [-0.2, 0) is 5.41 Å². The van der Waals surface area contributed by atoms with Crippen LogP contribution >= 0.6 is 0 Å². The molecule has 0 N–H and O–H groups in total. The SMILES string of the molecule is CC(C)(C)c1nc(C2CCC2)cc(N2CCN(CCCOc3ccncn3)CC2)n1. The van der Waals surface area contributed by atoms with Crippen LogP contribution in [0, 0.1) is 0 Å². The summed E-state index contributed by atoms with van der Waals surface area (Å²) in [5.41, 5.74) is 1.22. The third kappa shape index (κ3) is 5.25. The molecule has 0 aromatic carbocycles. The molecule has 0 amide bonds. The molecule has 0 unspecified atom stereocenters. The van der Waals surface area contributed by atoms with Crippen LogP contribution in [0.1, 0.15) is 63.9 Å². The molecule has 30 heavy (non-hydrogen) atoms. The van der Waals surface area contributed by atoms with Crippen LogP contribution in [0.5, 0.6) is 5.88 Å². The molecule has 2 fully saturated rings. The summed E-state index contributed by atoms with van der Waals surface area (Å²) < 4.78 is 5.68. The highest BCUT2D eigenvalue weighted by molar-refractivity contribution is 5.42. The third-order valence-corrected chi connectivity index (χ3v) is 6.05. The van der Waals surface area contributed by atoms with E-state index in [0.29, 0.717) is 18.4 Å². The first kappa shape index (κ1) is 21.0. The normalized spacial score (nSPS) is 18.3. The molecule has 1 saturated carbocycles. The zero-order chi connectivity index (χ0) is 21.0. The fraction of sp³-hybridized carbons (Fsp3) is 0.652. The van der Waals surface area contributed by atoms with Gasteiger partial charge in [-0.2, -0.15) is 0 Å². The van der Waals surface area contributed by atoms with Gasteiger partial charge in [0.15, 0.2) is 0 Å². The van der Waals surface area contributed by atoms with Gasteiger partial charge in [0.05, 0.1) is 6.61 Å². The maximum atomic E-state index is 5.68. The highest BCUT2D eigenvalue weighted by Crippen LogP contribution is 2.37. The van der Waals surface area contributed by atoms with Gasteiger partial charge in [-0.15, -0.1) is 0 Å². The molecule has 2 aromatic rings. The first-order valence-electron chi connectivity index (χ1n) is 11.2. The average molecular weight is 411 g/mol. The van der Waals surface area contributed by atoms with Crippen LogP contribution in [0.3, 0.4) is 0 Å². The van der Waals surface area contributed by atoms with Gasteiger partial charge in [-0.1, -0.05) is 27.2 Å². The zero-order valence-electron chi connectivity index (χ0n) is 18.5. The van der Waals surface area contributed by atoms with E-state index in [1.807, 2.05) is 0 Å². The first-order chi connectivity index (χ1) is 14.5. The van der Waals surface area contributed by atoms with Gasteiger partial charge in [0.1, 0.15) is 18.0 Å². The number of anilines is 1. The summed E-state index contributed by atoms with van der Waals surface area (Å²) in [6.45, 7) is 12.5. The Balaban J connectivity index is 1.30. The second-order valence-electron chi connectivity index (χ2n) is 9.43. The van der Waals surface area contributed by atoms with Crippen molar-refractivity contribution in [3.63, 3.8) is 0 Å². The standard InChI is InChI=1S/C23H34N6O/c1-23(2,3)22-26-19(18-6-4-7-18)16-20(27-22)29-13-11-28(12-14-29)10-5-15-30-21-8-9-24-17-25-21/h8-9,16-18H,4-7,10-15H2,1-3H3. The lowest BCUT2D eigenvalue weighted by molar-refractivity contribution is 0.221. The van der Waals surface area contributed by atoms with Crippen molar-refractivity contribution in [3.8, 4) is 5.88 Å². The van der Waals surface area contributed by atoms with E-state index in [0.717, 1.165) is 50.8 Å². The molecule has 0 spiro atoms. The second kappa shape index (κ2) is 9.25. The quantitative estimate of drug-likeness (QED) is 0.648. The molecule has 1 saturated heterocycles. The van der Waals surface area contributed by atoms with Gasteiger partial charge < -0.3 is 9.64 Å². The highest BCUT2D eigenvalue weighted by atomic mass is 16.5. The summed E-state index contributed by atoms with van der Waals surface area (Å²) in [6.07, 6.45) is 8.08. The fourth-order valence-corrected chi connectivity index (χ4v) is 3.89. The van der Waals surface area contributed by atoms with Gasteiger partial charge in [0, 0.05) is 68.1 Å². The van der Waals surface area contributed by atoms with E-state index in [4.69, 9.17) is 14.7 Å². The average Bonchev–Trinajstić information content (AvgIpc) is 2.70. The van der Waals surface area contributed by atoms with Gasteiger partial charge in [0.2, 0.25) is 5.88 Å². The lowest BCUT2D eigenvalue weighted by Crippen LogP contribution is -2.47. The third-order valence-electron chi connectivity index (χ3n) is 6.05. The number of piperazine rings is 1. The van der Waals surface area contributed by atoms with E-state index in [-0.39, 0.29) is 5.41 Å². The summed E-state index contributed by atoms with van der Waals surface area (Å²) >= 11 is 0. The van der Waals surface area contributed by atoms with Crippen molar-refractivity contribution < 1.29 is 4.74 Å². The van der Waals surface area contributed by atoms with Gasteiger partial charge in [0.25, 0.3) is 0 Å². The minimum atomic E-state index is -0.0278. The monoisotopic (exact) mass is 410 g/mol. The molecule has 7 nitrogen and oxygen atoms in total. The Kier molecular flexibility index (Phi) is 6.46. The molecule has 0 radical (unpaired) electrons. The molecule has 4 rings (SSSR count). The number of hydrogen-bond acceptors (Lipinski definition) is 7. The Morgan fingerprint density at radius 1 is 1.10 bits per heavy atom. The van der Waals surface area contributed by atoms with Crippen molar-refractivity contribution in [2.75, 3.05) is 44.2 Å². The Hall–Kier alpha value is -2.28. The van der Waals surface area contributed by atoms with Crippen molar-refractivity contribution >= 4 is 5.82 Å². The molecule has 0 bridgehead atoms. The maximum absolute atomic E-state index is 5.68. The highest BCUT2D eigenvalue weighted by Gasteiger charge is 2.27. The smallest absolute Gasteiger partial charge is 0.216 e. The minimum Gasteiger partial charge on any atom is -0.478 e. The van der Waals surface area contributed by atoms with E-state index < -0.39 is 0 Å². The molecule has 0 atom stereocenters. The molecule has 2 aromatic heterocycles. The largest absolute Gasteiger partial charge is 0.478 e. The van der Waals surface area contributed by atoms with Gasteiger partial charge >= 0.3 is 0 Å². The van der Waals surface area contributed by atoms with Crippen molar-refractivity contribution in [2.45, 2.75) is 57.8 Å². The first-order valence-corrected chi connectivity index (χ1v) is 11.2. The van der Waals surface area contributed by atoms with Crippen molar-refractivity contribution in [2.24, 2.45) is 0 Å². The van der Waals surface area contributed by atoms with Crippen molar-refractivity contribution in [1.82, 2.24) is 24.8 Å². The van der Waals surface area contributed by atoms with Crippen LogP contribution in [-0.4, -0.2) is 64.2 Å². The molecule has 7 heteroatoms. The summed E-state index contributed by atoms with van der Waals surface area (Å²) in [5, 5.41) is 0. The molecule has 1 aliphatic carbocycles. The summed E-state index contributed by atoms with van der Waals surface area (Å²) in [4.78, 5) is 22.9. The predicted octanol–water partition coefficient (Wildman–Crippen LogP) is 3.42. The lowest BCUT2D eigenvalue weighted by Gasteiger charge is -2.36. The van der Waals surface area contributed by atoms with Crippen LogP contribution in [0.25, 0.3) is 0 Å². The predicted molar refractivity (Wildman–Crippen MR) is 118 cm³/mol. The van der Waals surface area contributed by atoms with Gasteiger partial charge in [-0.3, -0.25) is 4.90 Å². The molecule has 1 aliphatic heterocycles. The molecule has 2 aliphatic rings. The Morgan fingerprint density at radius 2 is 1.90 bits per heavy atom. The number of aromatic nitrogens is 4. The van der Waals surface area contributed by atoms with Crippen LogP contribution in [0.4, 0.5) is 5.82 Å². The number of rotatable bonds is 7. The van der Waals surface area contributed by atoms with Crippen molar-refractivity contribution in [1.29, 1.82) is 0 Å². The van der Waals surface area contributed by atoms with E-state index >= 15 is 0 Å². The van der Waals surface area contributed by atoms with Crippen LogP contribution < -0.4 is 9.64 Å².